The molecule has 2 aromatic rings. The summed E-state index contributed by atoms with van der Waals surface area (Å²) in [7, 11) is 0. The van der Waals surface area contributed by atoms with Gasteiger partial charge in [0.2, 0.25) is 0 Å². The molecular weight excluding hydrogens is 359 g/mol. The van der Waals surface area contributed by atoms with Crippen LogP contribution in [0.5, 0.6) is 5.75 Å². The molecule has 1 heterocycles. The van der Waals surface area contributed by atoms with Gasteiger partial charge in [0.1, 0.15) is 12.0 Å². The fraction of sp³-hybridized carbons (Fsp3) is 0.474. The third-order valence-corrected chi connectivity index (χ3v) is 5.12. The maximum absolute atomic E-state index is 13.6. The van der Waals surface area contributed by atoms with Crippen LogP contribution in [0.25, 0.3) is 10.1 Å². The summed E-state index contributed by atoms with van der Waals surface area (Å²) in [4.78, 5) is 20.7. The Morgan fingerprint density at radius 2 is 2.00 bits per heavy atom. The first-order valence-corrected chi connectivity index (χ1v) is 10.5. The fourth-order valence-electron chi connectivity index (χ4n) is 2.12. The molecule has 0 aliphatic heterocycles. The lowest BCUT2D eigenvalue weighted by atomic mass is 10.1. The zero-order chi connectivity index (χ0) is 18.7. The number of benzene rings is 1. The standard InChI is InChI=1S/C16H19FO2S2.C3H6O/c1-11-13-7-6-12(19-8-4-3-5-9-20-2)10-14(13)21-16(18)15(11)17;1-2-3-4/h6-7,10H,3-5,8-9H2,1-2H3;3H,2H2,1H3. The van der Waals surface area contributed by atoms with Gasteiger partial charge in [-0.3, -0.25) is 4.79 Å². The molecule has 0 atom stereocenters. The number of carbonyl (C=O) groups is 1. The largest absolute Gasteiger partial charge is 0.494 e. The van der Waals surface area contributed by atoms with Crippen LogP contribution in [-0.4, -0.2) is 24.9 Å². The quantitative estimate of drug-likeness (QED) is 0.462. The molecule has 1 aromatic carbocycles. The van der Waals surface area contributed by atoms with Crippen LogP contribution >= 0.6 is 23.1 Å². The Balaban J connectivity index is 0.000000705. The van der Waals surface area contributed by atoms with Gasteiger partial charge in [0.25, 0.3) is 4.74 Å². The van der Waals surface area contributed by atoms with Crippen molar-refractivity contribution < 1.29 is 13.9 Å². The summed E-state index contributed by atoms with van der Waals surface area (Å²) in [5.74, 6) is 1.29. The summed E-state index contributed by atoms with van der Waals surface area (Å²) < 4.78 is 19.5. The minimum absolute atomic E-state index is 0.414. The predicted octanol–water partition coefficient (Wildman–Crippen LogP) is 5.22. The molecule has 0 aliphatic carbocycles. The van der Waals surface area contributed by atoms with Crippen LogP contribution in [0.3, 0.4) is 0 Å². The summed E-state index contributed by atoms with van der Waals surface area (Å²) >= 11 is 2.80. The molecule has 0 N–H and O–H groups in total. The van der Waals surface area contributed by atoms with Crippen molar-refractivity contribution in [2.24, 2.45) is 0 Å². The van der Waals surface area contributed by atoms with Crippen LogP contribution in [0, 0.1) is 12.7 Å². The first kappa shape index (κ1) is 21.6. The second-order valence-corrected chi connectivity index (χ2v) is 7.46. The number of fused-ring (bicyclic) bond motifs is 1. The number of ether oxygens (including phenoxy) is 1. The number of aldehydes is 1. The van der Waals surface area contributed by atoms with E-state index in [0.29, 0.717) is 18.6 Å². The molecule has 0 saturated heterocycles. The van der Waals surface area contributed by atoms with Crippen LogP contribution in [0.1, 0.15) is 38.2 Å². The van der Waals surface area contributed by atoms with Crippen LogP contribution in [-0.2, 0) is 4.79 Å². The average Bonchev–Trinajstić information content (AvgIpc) is 2.62. The second kappa shape index (κ2) is 12.0. The monoisotopic (exact) mass is 384 g/mol. The van der Waals surface area contributed by atoms with Crippen molar-refractivity contribution in [3.8, 4) is 5.75 Å². The number of halogens is 1. The van der Waals surface area contributed by atoms with E-state index in [2.05, 4.69) is 6.26 Å². The summed E-state index contributed by atoms with van der Waals surface area (Å²) in [5, 5.41) is 0.782. The number of thioether (sulfide) groups is 1. The number of rotatable bonds is 8. The molecule has 3 nitrogen and oxygen atoms in total. The maximum atomic E-state index is 13.6. The molecule has 0 bridgehead atoms. The Hall–Kier alpha value is -1.40. The third kappa shape index (κ3) is 7.16. The van der Waals surface area contributed by atoms with E-state index < -0.39 is 10.6 Å². The summed E-state index contributed by atoms with van der Waals surface area (Å²) in [5.41, 5.74) is 0.414. The lowest BCUT2D eigenvalue weighted by Gasteiger charge is -2.08. The zero-order valence-corrected chi connectivity index (χ0v) is 16.6. The number of aryl methyl sites for hydroxylation is 1. The summed E-state index contributed by atoms with van der Waals surface area (Å²) in [6, 6.07) is 5.50. The first-order chi connectivity index (χ1) is 12.0. The molecule has 138 valence electrons. The molecule has 0 saturated carbocycles. The van der Waals surface area contributed by atoms with Crippen LogP contribution < -0.4 is 9.48 Å². The molecule has 1 aromatic heterocycles. The molecule has 0 radical (unpaired) electrons. The smallest absolute Gasteiger partial charge is 0.268 e. The Kier molecular flexibility index (Phi) is 10.4. The van der Waals surface area contributed by atoms with E-state index in [4.69, 9.17) is 4.74 Å². The van der Waals surface area contributed by atoms with E-state index in [0.717, 1.165) is 46.3 Å². The van der Waals surface area contributed by atoms with E-state index >= 15 is 0 Å². The minimum Gasteiger partial charge on any atom is -0.494 e. The molecule has 6 heteroatoms. The highest BCUT2D eigenvalue weighted by molar-refractivity contribution is 7.98. The topological polar surface area (TPSA) is 43.4 Å². The van der Waals surface area contributed by atoms with Crippen molar-refractivity contribution in [3.05, 3.63) is 39.1 Å². The van der Waals surface area contributed by atoms with Gasteiger partial charge in [0.05, 0.1) is 6.61 Å². The molecule has 0 spiro atoms. The van der Waals surface area contributed by atoms with Crippen molar-refractivity contribution in [1.82, 2.24) is 0 Å². The van der Waals surface area contributed by atoms with E-state index in [1.54, 1.807) is 6.92 Å². The van der Waals surface area contributed by atoms with E-state index in [1.165, 1.54) is 12.2 Å². The lowest BCUT2D eigenvalue weighted by molar-refractivity contribution is -0.107. The van der Waals surface area contributed by atoms with Gasteiger partial charge in [-0.25, -0.2) is 4.39 Å². The SMILES string of the molecule is CCC=O.CSCCCCCOc1ccc2c(C)c(F)c(=O)sc2c1. The van der Waals surface area contributed by atoms with Gasteiger partial charge in [0, 0.05) is 11.1 Å². The van der Waals surface area contributed by atoms with Gasteiger partial charge in [0.15, 0.2) is 5.82 Å². The molecule has 2 rings (SSSR count). The highest BCUT2D eigenvalue weighted by Crippen LogP contribution is 2.26. The van der Waals surface area contributed by atoms with E-state index in [-0.39, 0.29) is 0 Å². The maximum Gasteiger partial charge on any atom is 0.268 e. The van der Waals surface area contributed by atoms with E-state index in [1.807, 2.05) is 36.9 Å². The highest BCUT2D eigenvalue weighted by atomic mass is 32.2. The summed E-state index contributed by atoms with van der Waals surface area (Å²) in [6.45, 7) is 4.13. The highest BCUT2D eigenvalue weighted by Gasteiger charge is 2.09. The van der Waals surface area contributed by atoms with Crippen molar-refractivity contribution in [3.63, 3.8) is 0 Å². The van der Waals surface area contributed by atoms with Crippen molar-refractivity contribution in [2.75, 3.05) is 18.6 Å². The average molecular weight is 385 g/mol. The summed E-state index contributed by atoms with van der Waals surface area (Å²) in [6.07, 6.45) is 7.02. The van der Waals surface area contributed by atoms with Gasteiger partial charge in [-0.1, -0.05) is 18.3 Å². The van der Waals surface area contributed by atoms with Gasteiger partial charge in [-0.2, -0.15) is 11.8 Å². The Morgan fingerprint density at radius 1 is 1.28 bits per heavy atom. The van der Waals surface area contributed by atoms with Gasteiger partial charge < -0.3 is 9.53 Å². The number of carbonyl (C=O) groups excluding carboxylic acids is 1. The van der Waals surface area contributed by atoms with Crippen LogP contribution in [0.15, 0.2) is 23.0 Å². The number of hydrogen-bond donors (Lipinski definition) is 0. The Morgan fingerprint density at radius 3 is 2.64 bits per heavy atom. The fourth-order valence-corrected chi connectivity index (χ4v) is 3.56. The van der Waals surface area contributed by atoms with Crippen LogP contribution in [0.4, 0.5) is 4.39 Å². The normalized spacial score (nSPS) is 10.2. The number of hydrogen-bond acceptors (Lipinski definition) is 5. The van der Waals surface area contributed by atoms with Crippen molar-refractivity contribution in [1.29, 1.82) is 0 Å². The predicted molar refractivity (Wildman–Crippen MR) is 107 cm³/mol. The van der Waals surface area contributed by atoms with Gasteiger partial charge >= 0.3 is 0 Å². The van der Waals surface area contributed by atoms with Crippen LogP contribution in [0.2, 0.25) is 0 Å². The molecule has 0 aliphatic rings. The van der Waals surface area contributed by atoms with Gasteiger partial charge in [-0.15, -0.1) is 0 Å². The molecule has 0 fully saturated rings. The number of unbranched alkanes of at least 4 members (excludes halogenated alkanes) is 2. The lowest BCUT2D eigenvalue weighted by Crippen LogP contribution is -2.03. The molecule has 0 amide bonds. The molecular formula is C19H25FO3S2. The third-order valence-electron chi connectivity index (χ3n) is 3.50. The second-order valence-electron chi connectivity index (χ2n) is 5.46. The van der Waals surface area contributed by atoms with E-state index in [9.17, 15) is 14.0 Å². The Labute approximate surface area is 156 Å². The Bertz CT molecular complexity index is 728. The first-order valence-electron chi connectivity index (χ1n) is 8.33. The van der Waals surface area contributed by atoms with Crippen molar-refractivity contribution >= 4 is 39.5 Å². The zero-order valence-electron chi connectivity index (χ0n) is 15.0. The van der Waals surface area contributed by atoms with Gasteiger partial charge in [-0.05, 0) is 67.3 Å². The molecule has 25 heavy (non-hydrogen) atoms. The molecule has 0 unspecified atom stereocenters. The van der Waals surface area contributed by atoms with Crippen molar-refractivity contribution in [2.45, 2.75) is 39.5 Å². The minimum atomic E-state index is -0.644.